The molecule has 0 unspecified atom stereocenters. The number of benzene rings is 1. The van der Waals surface area contributed by atoms with Gasteiger partial charge in [0.05, 0.1) is 6.20 Å². The number of carbonyl (C=O) groups is 1. The van der Waals surface area contributed by atoms with Gasteiger partial charge in [0, 0.05) is 36.5 Å². The first-order chi connectivity index (χ1) is 12.2. The molecule has 0 aliphatic carbocycles. The van der Waals surface area contributed by atoms with E-state index >= 15 is 0 Å². The van der Waals surface area contributed by atoms with Crippen molar-refractivity contribution in [3.63, 3.8) is 0 Å². The van der Waals surface area contributed by atoms with Gasteiger partial charge in [0.25, 0.3) is 5.91 Å². The second-order valence-electron chi connectivity index (χ2n) is 6.62. The van der Waals surface area contributed by atoms with E-state index in [4.69, 9.17) is 0 Å². The maximum atomic E-state index is 12.6. The van der Waals surface area contributed by atoms with Crippen molar-refractivity contribution in [2.75, 3.05) is 13.1 Å². The number of nitrogens with zero attached hydrogens (tertiary/aromatic N) is 3. The van der Waals surface area contributed by atoms with Gasteiger partial charge in [0.2, 0.25) is 0 Å². The molecular weight excluding hydrogens is 314 g/mol. The molecule has 1 saturated heterocycles. The molecule has 0 radical (unpaired) electrons. The Bertz CT molecular complexity index is 850. The van der Waals surface area contributed by atoms with E-state index in [0.29, 0.717) is 12.2 Å². The highest BCUT2D eigenvalue weighted by molar-refractivity contribution is 5.92. The molecule has 1 aliphatic rings. The first-order valence-corrected chi connectivity index (χ1v) is 8.61. The van der Waals surface area contributed by atoms with Crippen molar-refractivity contribution < 1.29 is 4.79 Å². The summed E-state index contributed by atoms with van der Waals surface area (Å²) in [6, 6.07) is 10.2. The number of carbonyl (C=O) groups excluding carboxylic acids is 1. The lowest BCUT2D eigenvalue weighted by atomic mass is 9.90. The van der Waals surface area contributed by atoms with Gasteiger partial charge >= 0.3 is 0 Å². The summed E-state index contributed by atoms with van der Waals surface area (Å²) < 4.78 is 0. The first-order valence-electron chi connectivity index (χ1n) is 8.61. The molecule has 1 amide bonds. The molecule has 0 spiro atoms. The first kappa shape index (κ1) is 15.6. The zero-order valence-electron chi connectivity index (χ0n) is 14.2. The van der Waals surface area contributed by atoms with E-state index in [2.05, 4.69) is 51.6 Å². The second-order valence-corrected chi connectivity index (χ2v) is 6.62. The zero-order chi connectivity index (χ0) is 17.2. The Hall–Kier alpha value is -2.89. The highest BCUT2D eigenvalue weighted by Crippen LogP contribution is 2.33. The molecule has 3 heterocycles. The number of aromatic nitrogens is 4. The molecule has 128 valence electrons. The van der Waals surface area contributed by atoms with Crippen LogP contribution in [-0.2, 0) is 0 Å². The molecule has 1 fully saturated rings. The van der Waals surface area contributed by atoms with E-state index in [-0.39, 0.29) is 11.8 Å². The van der Waals surface area contributed by atoms with Crippen LogP contribution in [-0.4, -0.2) is 44.3 Å². The molecule has 25 heavy (non-hydrogen) atoms. The molecule has 1 aromatic carbocycles. The normalized spacial score (nSPS) is 17.6. The molecule has 6 heteroatoms. The fraction of sp³-hybridized carbons (Fsp3) is 0.316. The number of piperidine rings is 1. The number of hydrogen-bond donors (Lipinski definition) is 2. The molecule has 2 N–H and O–H groups in total. The predicted octanol–water partition coefficient (Wildman–Crippen LogP) is 3.13. The van der Waals surface area contributed by atoms with Crippen LogP contribution in [0.3, 0.4) is 0 Å². The number of H-pyrrole nitrogens is 2. The fourth-order valence-electron chi connectivity index (χ4n) is 3.51. The average molecular weight is 335 g/mol. The lowest BCUT2D eigenvalue weighted by Crippen LogP contribution is -2.39. The van der Waals surface area contributed by atoms with Crippen LogP contribution in [0.25, 0.3) is 11.1 Å². The summed E-state index contributed by atoms with van der Waals surface area (Å²) >= 11 is 0. The maximum absolute atomic E-state index is 12.6. The van der Waals surface area contributed by atoms with Crippen molar-refractivity contribution in [3.8, 4) is 11.1 Å². The third-order valence-corrected chi connectivity index (χ3v) is 4.88. The molecule has 3 aromatic rings. The van der Waals surface area contributed by atoms with Crippen LogP contribution in [0.5, 0.6) is 0 Å². The molecular formula is C19H21N5O. The Labute approximate surface area is 146 Å². The van der Waals surface area contributed by atoms with Crippen LogP contribution >= 0.6 is 0 Å². The van der Waals surface area contributed by atoms with Gasteiger partial charge in [0.1, 0.15) is 5.69 Å². The van der Waals surface area contributed by atoms with Gasteiger partial charge < -0.3 is 4.90 Å². The summed E-state index contributed by atoms with van der Waals surface area (Å²) in [5, 5.41) is 14.1. The predicted molar refractivity (Wildman–Crippen MR) is 95.2 cm³/mol. The van der Waals surface area contributed by atoms with E-state index in [9.17, 15) is 4.79 Å². The van der Waals surface area contributed by atoms with E-state index in [1.807, 2.05) is 11.1 Å². The second kappa shape index (κ2) is 6.55. The number of likely N-dealkylation sites (tertiary alicyclic amines) is 1. The van der Waals surface area contributed by atoms with Crippen LogP contribution in [0.15, 0.2) is 42.7 Å². The number of hydrogen-bond acceptors (Lipinski definition) is 3. The molecule has 1 atom stereocenters. The monoisotopic (exact) mass is 335 g/mol. The molecule has 4 rings (SSSR count). The molecule has 2 aromatic heterocycles. The number of rotatable bonds is 3. The summed E-state index contributed by atoms with van der Waals surface area (Å²) in [5.74, 6) is 0.276. The standard InChI is InChI=1S/C19H21N5O/c1-13-4-6-14(7-5-13)16-11-21-23-18(16)15-3-2-10-24(12-15)19(25)17-8-9-20-22-17/h4-9,11,15H,2-3,10,12H2,1H3,(H,20,22)(H,21,23)/t15-/m0/s1. The van der Waals surface area contributed by atoms with Gasteiger partial charge in [-0.1, -0.05) is 29.8 Å². The minimum absolute atomic E-state index is 0.0126. The summed E-state index contributed by atoms with van der Waals surface area (Å²) in [7, 11) is 0. The Balaban J connectivity index is 1.57. The summed E-state index contributed by atoms with van der Waals surface area (Å²) in [5.41, 5.74) is 5.19. The van der Waals surface area contributed by atoms with Crippen LogP contribution < -0.4 is 0 Å². The smallest absolute Gasteiger partial charge is 0.271 e. The highest BCUT2D eigenvalue weighted by atomic mass is 16.2. The van der Waals surface area contributed by atoms with Gasteiger partial charge in [-0.25, -0.2) is 0 Å². The van der Waals surface area contributed by atoms with Gasteiger partial charge in [-0.15, -0.1) is 0 Å². The highest BCUT2D eigenvalue weighted by Gasteiger charge is 2.28. The molecule has 0 saturated carbocycles. The van der Waals surface area contributed by atoms with Crippen LogP contribution in [0.4, 0.5) is 0 Å². The number of nitrogens with one attached hydrogen (secondary N) is 2. The summed E-state index contributed by atoms with van der Waals surface area (Å²) in [4.78, 5) is 14.5. The van der Waals surface area contributed by atoms with Crippen LogP contribution in [0.2, 0.25) is 0 Å². The number of aromatic amines is 2. The quantitative estimate of drug-likeness (QED) is 0.772. The largest absolute Gasteiger partial charge is 0.337 e. The van der Waals surface area contributed by atoms with Gasteiger partial charge in [0.15, 0.2) is 0 Å². The topological polar surface area (TPSA) is 77.7 Å². The van der Waals surface area contributed by atoms with Crippen molar-refractivity contribution >= 4 is 5.91 Å². The van der Waals surface area contributed by atoms with E-state index in [0.717, 1.165) is 36.2 Å². The minimum Gasteiger partial charge on any atom is -0.337 e. The minimum atomic E-state index is 0.0126. The van der Waals surface area contributed by atoms with E-state index in [1.165, 1.54) is 5.56 Å². The Morgan fingerprint density at radius 3 is 2.76 bits per heavy atom. The Morgan fingerprint density at radius 2 is 2.00 bits per heavy atom. The number of amides is 1. The van der Waals surface area contributed by atoms with E-state index in [1.54, 1.807) is 12.3 Å². The fourth-order valence-corrected chi connectivity index (χ4v) is 3.51. The van der Waals surface area contributed by atoms with Crippen molar-refractivity contribution in [2.24, 2.45) is 0 Å². The molecule has 1 aliphatic heterocycles. The van der Waals surface area contributed by atoms with Crippen LogP contribution in [0, 0.1) is 6.92 Å². The Morgan fingerprint density at radius 1 is 1.16 bits per heavy atom. The SMILES string of the molecule is Cc1ccc(-c2cn[nH]c2[C@H]2CCCN(C(=O)c3ccn[nH]3)C2)cc1. The van der Waals surface area contributed by atoms with Crippen molar-refractivity contribution in [1.29, 1.82) is 0 Å². The third-order valence-electron chi connectivity index (χ3n) is 4.88. The van der Waals surface area contributed by atoms with Crippen molar-refractivity contribution in [1.82, 2.24) is 25.3 Å². The zero-order valence-corrected chi connectivity index (χ0v) is 14.2. The number of aryl methyl sites for hydroxylation is 1. The van der Waals surface area contributed by atoms with Gasteiger partial charge in [-0.3, -0.25) is 15.0 Å². The van der Waals surface area contributed by atoms with Gasteiger partial charge in [-0.05, 0) is 31.4 Å². The maximum Gasteiger partial charge on any atom is 0.271 e. The Kier molecular flexibility index (Phi) is 4.09. The summed E-state index contributed by atoms with van der Waals surface area (Å²) in [6.07, 6.45) is 5.53. The van der Waals surface area contributed by atoms with Crippen LogP contribution in [0.1, 0.15) is 40.5 Å². The molecule has 6 nitrogen and oxygen atoms in total. The van der Waals surface area contributed by atoms with Gasteiger partial charge in [-0.2, -0.15) is 10.2 Å². The van der Waals surface area contributed by atoms with E-state index < -0.39 is 0 Å². The third kappa shape index (κ3) is 3.07. The van der Waals surface area contributed by atoms with Crippen molar-refractivity contribution in [3.05, 3.63) is 59.7 Å². The average Bonchev–Trinajstić information content (AvgIpc) is 3.34. The molecule has 0 bridgehead atoms. The van der Waals surface area contributed by atoms with Crippen molar-refractivity contribution in [2.45, 2.75) is 25.7 Å². The lowest BCUT2D eigenvalue weighted by molar-refractivity contribution is 0.0700. The summed E-state index contributed by atoms with van der Waals surface area (Å²) in [6.45, 7) is 3.56. The lowest BCUT2D eigenvalue weighted by Gasteiger charge is -2.32.